The maximum atomic E-state index is 5.59. The van der Waals surface area contributed by atoms with Gasteiger partial charge in [0.1, 0.15) is 0 Å². The van der Waals surface area contributed by atoms with Crippen LogP contribution in [0.15, 0.2) is 35.3 Å². The summed E-state index contributed by atoms with van der Waals surface area (Å²) in [6.45, 7) is 1.82. The fourth-order valence-corrected chi connectivity index (χ4v) is 1.02. The maximum Gasteiger partial charge on any atom is 0.188 e. The van der Waals surface area contributed by atoms with E-state index in [2.05, 4.69) is 10.3 Å². The molecule has 14 heavy (non-hydrogen) atoms. The van der Waals surface area contributed by atoms with Gasteiger partial charge in [0.05, 0.1) is 6.54 Å². The molecule has 0 aliphatic heterocycles. The third-order valence-corrected chi connectivity index (χ3v) is 1.73. The lowest BCUT2D eigenvalue weighted by Crippen LogP contribution is -2.35. The van der Waals surface area contributed by atoms with E-state index in [1.807, 2.05) is 30.3 Å². The highest BCUT2D eigenvalue weighted by Gasteiger charge is 1.90. The van der Waals surface area contributed by atoms with Crippen molar-refractivity contribution in [1.82, 2.24) is 5.32 Å². The van der Waals surface area contributed by atoms with Crippen LogP contribution in [0.5, 0.6) is 0 Å². The average molecular weight is 192 g/mol. The van der Waals surface area contributed by atoms with Crippen LogP contribution in [0.1, 0.15) is 5.56 Å². The van der Waals surface area contributed by atoms with Gasteiger partial charge < -0.3 is 16.8 Å². The fraction of sp³-hybridized carbons (Fsp3) is 0.300. The van der Waals surface area contributed by atoms with E-state index >= 15 is 0 Å². The number of benzene rings is 1. The normalized spacial score (nSPS) is 11.4. The van der Waals surface area contributed by atoms with Crippen LogP contribution in [-0.2, 0) is 6.54 Å². The third-order valence-electron chi connectivity index (χ3n) is 1.73. The maximum absolute atomic E-state index is 5.59. The molecule has 0 amide bonds. The van der Waals surface area contributed by atoms with Crippen LogP contribution in [0, 0.1) is 0 Å². The third kappa shape index (κ3) is 3.91. The summed E-state index contributed by atoms with van der Waals surface area (Å²) in [6, 6.07) is 9.96. The van der Waals surface area contributed by atoms with Gasteiger partial charge in [-0.05, 0) is 5.56 Å². The molecule has 4 heteroatoms. The van der Waals surface area contributed by atoms with Gasteiger partial charge in [-0.1, -0.05) is 30.3 Å². The van der Waals surface area contributed by atoms with Crippen LogP contribution in [0.2, 0.25) is 0 Å². The van der Waals surface area contributed by atoms with Crippen molar-refractivity contribution in [2.24, 2.45) is 16.5 Å². The Morgan fingerprint density at radius 3 is 2.64 bits per heavy atom. The Kier molecular flexibility index (Phi) is 4.50. The summed E-state index contributed by atoms with van der Waals surface area (Å²) in [5.74, 6) is 0.444. The summed E-state index contributed by atoms with van der Waals surface area (Å²) >= 11 is 0. The van der Waals surface area contributed by atoms with Gasteiger partial charge in [-0.25, -0.2) is 4.99 Å². The lowest BCUT2D eigenvalue weighted by molar-refractivity contribution is 0.857. The van der Waals surface area contributed by atoms with E-state index in [4.69, 9.17) is 11.5 Å². The van der Waals surface area contributed by atoms with Gasteiger partial charge in [0.25, 0.3) is 0 Å². The molecule has 0 aliphatic rings. The Labute approximate surface area is 84.0 Å². The molecule has 0 saturated carbocycles. The van der Waals surface area contributed by atoms with Crippen LogP contribution in [-0.4, -0.2) is 19.0 Å². The van der Waals surface area contributed by atoms with Crippen molar-refractivity contribution in [2.45, 2.75) is 6.54 Å². The summed E-state index contributed by atoms with van der Waals surface area (Å²) in [6.07, 6.45) is 0. The van der Waals surface area contributed by atoms with Gasteiger partial charge >= 0.3 is 0 Å². The zero-order chi connectivity index (χ0) is 10.2. The highest BCUT2D eigenvalue weighted by atomic mass is 15.1. The highest BCUT2D eigenvalue weighted by molar-refractivity contribution is 5.77. The molecule has 0 aromatic heterocycles. The Balaban J connectivity index is 2.39. The second kappa shape index (κ2) is 5.99. The Morgan fingerprint density at radius 1 is 1.29 bits per heavy atom. The smallest absolute Gasteiger partial charge is 0.188 e. The molecular weight excluding hydrogens is 176 g/mol. The molecule has 1 aromatic rings. The minimum Gasteiger partial charge on any atom is -0.370 e. The topological polar surface area (TPSA) is 76.4 Å². The van der Waals surface area contributed by atoms with Crippen molar-refractivity contribution in [3.05, 3.63) is 35.9 Å². The van der Waals surface area contributed by atoms with Gasteiger partial charge in [-0.15, -0.1) is 0 Å². The molecule has 0 spiro atoms. The molecule has 76 valence electrons. The number of guanidine groups is 1. The zero-order valence-corrected chi connectivity index (χ0v) is 8.11. The predicted octanol–water partition coefficient (Wildman–Crippen LogP) is 0.0496. The van der Waals surface area contributed by atoms with Gasteiger partial charge in [0.2, 0.25) is 0 Å². The van der Waals surface area contributed by atoms with E-state index < -0.39 is 0 Å². The van der Waals surface area contributed by atoms with Crippen molar-refractivity contribution in [3.63, 3.8) is 0 Å². The SMILES string of the molecule is NCCNC(N)=NCc1ccccc1. The number of nitrogens with one attached hydrogen (secondary N) is 1. The van der Waals surface area contributed by atoms with Crippen LogP contribution < -0.4 is 16.8 Å². The van der Waals surface area contributed by atoms with Crippen LogP contribution in [0.4, 0.5) is 0 Å². The molecule has 4 nitrogen and oxygen atoms in total. The van der Waals surface area contributed by atoms with Crippen molar-refractivity contribution in [1.29, 1.82) is 0 Å². The van der Waals surface area contributed by atoms with Gasteiger partial charge in [0, 0.05) is 13.1 Å². The van der Waals surface area contributed by atoms with Crippen LogP contribution in [0.25, 0.3) is 0 Å². The summed E-state index contributed by atoms with van der Waals surface area (Å²) < 4.78 is 0. The number of hydrogen-bond donors (Lipinski definition) is 3. The zero-order valence-electron chi connectivity index (χ0n) is 8.11. The minimum absolute atomic E-state index is 0.444. The van der Waals surface area contributed by atoms with E-state index in [0.717, 1.165) is 5.56 Å². The van der Waals surface area contributed by atoms with Crippen LogP contribution >= 0.6 is 0 Å². The number of nitrogens with two attached hydrogens (primary N) is 2. The van der Waals surface area contributed by atoms with Gasteiger partial charge in [-0.2, -0.15) is 0 Å². The Bertz CT molecular complexity index is 281. The lowest BCUT2D eigenvalue weighted by Gasteiger charge is -2.02. The summed E-state index contributed by atoms with van der Waals surface area (Å²) in [7, 11) is 0. The molecule has 0 bridgehead atoms. The average Bonchev–Trinajstić information content (AvgIpc) is 2.25. The van der Waals surface area contributed by atoms with Crippen molar-refractivity contribution < 1.29 is 0 Å². The standard InChI is InChI=1S/C10H16N4/c11-6-7-13-10(12)14-8-9-4-2-1-3-5-9/h1-5H,6-8,11H2,(H3,12,13,14). The Hall–Kier alpha value is -1.55. The fourth-order valence-electron chi connectivity index (χ4n) is 1.02. The quantitative estimate of drug-likeness (QED) is 0.466. The molecule has 0 heterocycles. The summed E-state index contributed by atoms with van der Waals surface area (Å²) in [5, 5.41) is 2.91. The monoisotopic (exact) mass is 192 g/mol. The first kappa shape index (κ1) is 10.5. The molecule has 5 N–H and O–H groups in total. The second-order valence-corrected chi connectivity index (χ2v) is 2.90. The van der Waals surface area contributed by atoms with Crippen molar-refractivity contribution in [3.8, 4) is 0 Å². The number of hydrogen-bond acceptors (Lipinski definition) is 2. The molecule has 0 aliphatic carbocycles. The highest BCUT2D eigenvalue weighted by Crippen LogP contribution is 1.99. The summed E-state index contributed by atoms with van der Waals surface area (Å²) in [4.78, 5) is 4.16. The predicted molar refractivity (Wildman–Crippen MR) is 58.8 cm³/mol. The second-order valence-electron chi connectivity index (χ2n) is 2.90. The van der Waals surface area contributed by atoms with Crippen molar-refractivity contribution >= 4 is 5.96 Å². The number of aliphatic imine (C=N–C) groups is 1. The van der Waals surface area contributed by atoms with E-state index in [-0.39, 0.29) is 0 Å². The van der Waals surface area contributed by atoms with Gasteiger partial charge in [0.15, 0.2) is 5.96 Å². The first-order valence-corrected chi connectivity index (χ1v) is 4.60. The Morgan fingerprint density at radius 2 is 2.00 bits per heavy atom. The largest absolute Gasteiger partial charge is 0.370 e. The van der Waals surface area contributed by atoms with E-state index in [0.29, 0.717) is 25.6 Å². The molecule has 1 aromatic carbocycles. The van der Waals surface area contributed by atoms with Gasteiger partial charge in [-0.3, -0.25) is 0 Å². The van der Waals surface area contributed by atoms with Crippen LogP contribution in [0.3, 0.4) is 0 Å². The molecule has 0 unspecified atom stereocenters. The number of nitrogens with zero attached hydrogens (tertiary/aromatic N) is 1. The van der Waals surface area contributed by atoms with E-state index in [1.54, 1.807) is 0 Å². The molecular formula is C10H16N4. The molecule has 0 atom stereocenters. The molecule has 1 rings (SSSR count). The molecule has 0 radical (unpaired) electrons. The number of rotatable bonds is 4. The lowest BCUT2D eigenvalue weighted by atomic mass is 10.2. The van der Waals surface area contributed by atoms with E-state index in [1.165, 1.54) is 0 Å². The van der Waals surface area contributed by atoms with Crippen molar-refractivity contribution in [2.75, 3.05) is 13.1 Å². The minimum atomic E-state index is 0.444. The molecule has 0 saturated heterocycles. The summed E-state index contributed by atoms with van der Waals surface area (Å²) in [5.41, 5.74) is 12.0. The first-order valence-electron chi connectivity index (χ1n) is 4.60. The van der Waals surface area contributed by atoms with E-state index in [9.17, 15) is 0 Å². The molecule has 0 fully saturated rings. The first-order chi connectivity index (χ1) is 6.83.